The van der Waals surface area contributed by atoms with Crippen molar-refractivity contribution in [2.75, 3.05) is 53.4 Å². The molecule has 0 radical (unpaired) electrons. The summed E-state index contributed by atoms with van der Waals surface area (Å²) >= 11 is 0. The van der Waals surface area contributed by atoms with E-state index < -0.39 is 0 Å². The minimum atomic E-state index is -0.298. The number of likely N-dealkylation sites (N-methyl/N-ethyl adjacent to an activating group) is 1. The smallest absolute Gasteiger partial charge is 0.123 e. The van der Waals surface area contributed by atoms with Crippen LogP contribution in [0.1, 0.15) is 12.0 Å². The van der Waals surface area contributed by atoms with E-state index >= 15 is 0 Å². The molecule has 1 aromatic rings. The molecule has 3 rings (SSSR count). The molecule has 1 atom stereocenters. The maximum Gasteiger partial charge on any atom is 0.123 e. The number of nitrogens with zero attached hydrogens (tertiary/aromatic N) is 4. The quantitative estimate of drug-likeness (QED) is 0.841. The standard InChI is InChI=1S/C18H26N4O/c1-20-9-11-22(12-10-20)18(14-19)7-8-21(15-18)13-16-3-5-17(23-2)6-4-16/h3-6H,7-13,15H2,1-2H3. The van der Waals surface area contributed by atoms with Crippen LogP contribution >= 0.6 is 0 Å². The molecular weight excluding hydrogens is 288 g/mol. The van der Waals surface area contributed by atoms with Crippen molar-refractivity contribution in [1.29, 1.82) is 5.26 Å². The monoisotopic (exact) mass is 314 g/mol. The summed E-state index contributed by atoms with van der Waals surface area (Å²) < 4.78 is 5.21. The molecule has 0 aliphatic carbocycles. The molecule has 0 aromatic heterocycles. The number of hydrogen-bond acceptors (Lipinski definition) is 5. The van der Waals surface area contributed by atoms with Crippen LogP contribution in [0.2, 0.25) is 0 Å². The highest BCUT2D eigenvalue weighted by Crippen LogP contribution is 2.29. The SMILES string of the molecule is COc1ccc(CN2CCC(C#N)(N3CCN(C)CC3)C2)cc1. The van der Waals surface area contributed by atoms with Gasteiger partial charge in [0, 0.05) is 45.8 Å². The predicted octanol–water partition coefficient (Wildman–Crippen LogP) is 1.41. The zero-order chi connectivity index (χ0) is 16.3. The summed E-state index contributed by atoms with van der Waals surface area (Å²) in [4.78, 5) is 7.15. The third-order valence-corrected chi connectivity index (χ3v) is 5.21. The second kappa shape index (κ2) is 6.88. The van der Waals surface area contributed by atoms with E-state index in [1.54, 1.807) is 7.11 Å². The summed E-state index contributed by atoms with van der Waals surface area (Å²) in [6.07, 6.45) is 0.948. The number of rotatable bonds is 4. The van der Waals surface area contributed by atoms with E-state index in [9.17, 15) is 5.26 Å². The van der Waals surface area contributed by atoms with Crippen molar-refractivity contribution in [2.24, 2.45) is 0 Å². The zero-order valence-electron chi connectivity index (χ0n) is 14.2. The van der Waals surface area contributed by atoms with Gasteiger partial charge in [-0.1, -0.05) is 12.1 Å². The first kappa shape index (κ1) is 16.3. The van der Waals surface area contributed by atoms with E-state index in [1.165, 1.54) is 5.56 Å². The first-order chi connectivity index (χ1) is 11.1. The van der Waals surface area contributed by atoms with Crippen LogP contribution in [0.15, 0.2) is 24.3 Å². The molecule has 0 N–H and O–H groups in total. The Bertz CT molecular complexity index is 559. The van der Waals surface area contributed by atoms with E-state index in [0.717, 1.165) is 58.0 Å². The lowest BCUT2D eigenvalue weighted by atomic mass is 9.97. The van der Waals surface area contributed by atoms with Crippen LogP contribution in [0.25, 0.3) is 0 Å². The zero-order valence-corrected chi connectivity index (χ0v) is 14.2. The van der Waals surface area contributed by atoms with E-state index in [4.69, 9.17) is 4.74 Å². The molecule has 0 bridgehead atoms. The van der Waals surface area contributed by atoms with Gasteiger partial charge in [-0.05, 0) is 31.2 Å². The van der Waals surface area contributed by atoms with Crippen LogP contribution in [-0.2, 0) is 6.54 Å². The molecule has 0 spiro atoms. The van der Waals surface area contributed by atoms with Crippen molar-refractivity contribution in [1.82, 2.24) is 14.7 Å². The van der Waals surface area contributed by atoms with Crippen LogP contribution in [-0.4, -0.2) is 73.7 Å². The van der Waals surface area contributed by atoms with Gasteiger partial charge < -0.3 is 9.64 Å². The van der Waals surface area contributed by atoms with Gasteiger partial charge in [-0.15, -0.1) is 0 Å². The van der Waals surface area contributed by atoms with Crippen molar-refractivity contribution in [3.05, 3.63) is 29.8 Å². The minimum Gasteiger partial charge on any atom is -0.497 e. The first-order valence-corrected chi connectivity index (χ1v) is 8.35. The Hall–Kier alpha value is -1.61. The summed E-state index contributed by atoms with van der Waals surface area (Å²) in [6, 6.07) is 10.9. The molecule has 5 heteroatoms. The van der Waals surface area contributed by atoms with Crippen molar-refractivity contribution in [2.45, 2.75) is 18.5 Å². The third-order valence-electron chi connectivity index (χ3n) is 5.21. The van der Waals surface area contributed by atoms with Crippen molar-refractivity contribution < 1.29 is 4.74 Å². The number of hydrogen-bond donors (Lipinski definition) is 0. The number of methoxy groups -OCH3 is 1. The first-order valence-electron chi connectivity index (χ1n) is 8.35. The average molecular weight is 314 g/mol. The molecule has 2 fully saturated rings. The predicted molar refractivity (Wildman–Crippen MR) is 90.3 cm³/mol. The number of nitriles is 1. The maximum absolute atomic E-state index is 9.84. The molecule has 2 aliphatic heterocycles. The Kier molecular flexibility index (Phi) is 4.86. The lowest BCUT2D eigenvalue weighted by Gasteiger charge is -2.41. The highest BCUT2D eigenvalue weighted by molar-refractivity contribution is 5.27. The van der Waals surface area contributed by atoms with Gasteiger partial charge in [0.05, 0.1) is 13.2 Å². The Morgan fingerprint density at radius 3 is 2.43 bits per heavy atom. The second-order valence-electron chi connectivity index (χ2n) is 6.74. The lowest BCUT2D eigenvalue weighted by Crippen LogP contribution is -2.57. The largest absolute Gasteiger partial charge is 0.497 e. The summed E-state index contributed by atoms with van der Waals surface area (Å²) in [5.74, 6) is 0.888. The second-order valence-corrected chi connectivity index (χ2v) is 6.74. The topological polar surface area (TPSA) is 42.7 Å². The fourth-order valence-corrected chi connectivity index (χ4v) is 3.65. The molecule has 0 amide bonds. The summed E-state index contributed by atoms with van der Waals surface area (Å²) in [5, 5.41) is 9.84. The summed E-state index contributed by atoms with van der Waals surface area (Å²) in [6.45, 7) is 6.86. The third kappa shape index (κ3) is 3.50. The van der Waals surface area contributed by atoms with Gasteiger partial charge in [0.1, 0.15) is 11.3 Å². The number of likely N-dealkylation sites (tertiary alicyclic amines) is 1. The molecule has 1 unspecified atom stereocenters. The van der Waals surface area contributed by atoms with E-state index in [2.05, 4.69) is 39.9 Å². The number of ether oxygens (including phenoxy) is 1. The van der Waals surface area contributed by atoms with Crippen molar-refractivity contribution in [3.8, 4) is 11.8 Å². The molecule has 23 heavy (non-hydrogen) atoms. The van der Waals surface area contributed by atoms with Crippen LogP contribution in [0, 0.1) is 11.3 Å². The summed E-state index contributed by atoms with van der Waals surface area (Å²) in [7, 11) is 3.84. The van der Waals surface area contributed by atoms with Crippen molar-refractivity contribution in [3.63, 3.8) is 0 Å². The molecule has 1 aromatic carbocycles. The fraction of sp³-hybridized carbons (Fsp3) is 0.611. The van der Waals surface area contributed by atoms with Crippen LogP contribution < -0.4 is 4.74 Å². The number of piperazine rings is 1. The van der Waals surface area contributed by atoms with Gasteiger partial charge in [-0.2, -0.15) is 5.26 Å². The molecule has 5 nitrogen and oxygen atoms in total. The molecular formula is C18H26N4O. The van der Waals surface area contributed by atoms with Crippen LogP contribution in [0.3, 0.4) is 0 Å². The minimum absolute atomic E-state index is 0.298. The van der Waals surface area contributed by atoms with Gasteiger partial charge in [0.2, 0.25) is 0 Å². The molecule has 2 aliphatic rings. The van der Waals surface area contributed by atoms with Gasteiger partial charge >= 0.3 is 0 Å². The Balaban J connectivity index is 1.62. The highest BCUT2D eigenvalue weighted by atomic mass is 16.5. The van der Waals surface area contributed by atoms with Gasteiger partial charge in [-0.25, -0.2) is 0 Å². The maximum atomic E-state index is 9.84. The number of benzene rings is 1. The van der Waals surface area contributed by atoms with E-state index in [1.807, 2.05) is 12.1 Å². The Morgan fingerprint density at radius 2 is 1.83 bits per heavy atom. The van der Waals surface area contributed by atoms with E-state index in [-0.39, 0.29) is 5.54 Å². The van der Waals surface area contributed by atoms with Gasteiger partial charge in [0.15, 0.2) is 0 Å². The van der Waals surface area contributed by atoms with Gasteiger partial charge in [0.25, 0.3) is 0 Å². The highest BCUT2D eigenvalue weighted by Gasteiger charge is 2.44. The van der Waals surface area contributed by atoms with Crippen molar-refractivity contribution >= 4 is 0 Å². The van der Waals surface area contributed by atoms with E-state index in [0.29, 0.717) is 0 Å². The molecule has 2 heterocycles. The normalized spacial score (nSPS) is 27.0. The van der Waals surface area contributed by atoms with Gasteiger partial charge in [-0.3, -0.25) is 9.80 Å². The Morgan fingerprint density at radius 1 is 1.13 bits per heavy atom. The van der Waals surface area contributed by atoms with Crippen LogP contribution in [0.4, 0.5) is 0 Å². The fourth-order valence-electron chi connectivity index (χ4n) is 3.65. The lowest BCUT2D eigenvalue weighted by molar-refractivity contribution is 0.0766. The Labute approximate surface area is 139 Å². The average Bonchev–Trinajstić information content (AvgIpc) is 3.00. The molecule has 2 saturated heterocycles. The molecule has 0 saturated carbocycles. The van der Waals surface area contributed by atoms with Crippen LogP contribution in [0.5, 0.6) is 5.75 Å². The molecule has 124 valence electrons. The summed E-state index contributed by atoms with van der Waals surface area (Å²) in [5.41, 5.74) is 0.978.